The van der Waals surface area contributed by atoms with E-state index in [1.807, 2.05) is 37.3 Å². The summed E-state index contributed by atoms with van der Waals surface area (Å²) in [5, 5.41) is 5.12. The van der Waals surface area contributed by atoms with E-state index >= 15 is 0 Å². The van der Waals surface area contributed by atoms with Gasteiger partial charge in [-0.15, -0.1) is 0 Å². The highest BCUT2D eigenvalue weighted by Gasteiger charge is 2.36. The highest BCUT2D eigenvalue weighted by molar-refractivity contribution is 5.79. The minimum Gasteiger partial charge on any atom is -0.256 e. The molecule has 7 heteroatoms. The number of alkyl halides is 3. The van der Waals surface area contributed by atoms with Crippen LogP contribution in [0.1, 0.15) is 23.6 Å². The van der Waals surface area contributed by atoms with Crippen LogP contribution in [0.4, 0.5) is 13.2 Å². The minimum atomic E-state index is -4.42. The van der Waals surface area contributed by atoms with Crippen LogP contribution in [0.25, 0.3) is 10.9 Å². The van der Waals surface area contributed by atoms with Gasteiger partial charge in [0.05, 0.1) is 11.1 Å². The molecule has 0 N–H and O–H groups in total. The first-order valence-corrected chi connectivity index (χ1v) is 8.27. The molecule has 1 unspecified atom stereocenters. The Morgan fingerprint density at radius 3 is 2.41 bits per heavy atom. The van der Waals surface area contributed by atoms with Crippen molar-refractivity contribution < 1.29 is 13.2 Å². The van der Waals surface area contributed by atoms with Crippen LogP contribution in [-0.2, 0) is 11.7 Å². The Balaban J connectivity index is 1.96. The van der Waals surface area contributed by atoms with Gasteiger partial charge < -0.3 is 0 Å². The molecule has 4 aromatic rings. The quantitative estimate of drug-likeness (QED) is 0.528. The first-order valence-electron chi connectivity index (χ1n) is 8.27. The third kappa shape index (κ3) is 2.95. The first kappa shape index (κ1) is 17.2. The number of pyridine rings is 1. The average Bonchev–Trinajstić information content (AvgIpc) is 3.22. The number of halogens is 3. The fourth-order valence-corrected chi connectivity index (χ4v) is 3.25. The molecule has 0 aliphatic heterocycles. The number of rotatable bonds is 3. The van der Waals surface area contributed by atoms with Gasteiger partial charge in [-0.3, -0.25) is 4.98 Å². The third-order valence-electron chi connectivity index (χ3n) is 4.79. The minimum absolute atomic E-state index is 0.464. The summed E-state index contributed by atoms with van der Waals surface area (Å²) < 4.78 is 41.4. The molecule has 0 saturated heterocycles. The predicted molar refractivity (Wildman–Crippen MR) is 95.1 cm³/mol. The normalized spacial score (nSPS) is 14.2. The van der Waals surface area contributed by atoms with Crippen LogP contribution in [0.5, 0.6) is 0 Å². The SMILES string of the molecule is CC(c1cccc(C(F)(F)F)c1)(c1ccc2ncccc2c1)n1cncn1. The van der Waals surface area contributed by atoms with E-state index in [9.17, 15) is 13.2 Å². The van der Waals surface area contributed by atoms with Crippen LogP contribution in [0.3, 0.4) is 0 Å². The number of hydrogen-bond donors (Lipinski definition) is 0. The molecule has 1 atom stereocenters. The van der Waals surface area contributed by atoms with Gasteiger partial charge in [0.25, 0.3) is 0 Å². The van der Waals surface area contributed by atoms with Gasteiger partial charge in [0.2, 0.25) is 0 Å². The summed E-state index contributed by atoms with van der Waals surface area (Å²) >= 11 is 0. The highest BCUT2D eigenvalue weighted by atomic mass is 19.4. The summed E-state index contributed by atoms with van der Waals surface area (Å²) in [6.45, 7) is 1.83. The van der Waals surface area contributed by atoms with Crippen molar-refractivity contribution in [2.45, 2.75) is 18.6 Å². The van der Waals surface area contributed by atoms with E-state index in [-0.39, 0.29) is 0 Å². The second-order valence-electron chi connectivity index (χ2n) is 6.40. The Bertz CT molecular complexity index is 1090. The molecule has 4 nitrogen and oxygen atoms in total. The molecule has 0 aliphatic carbocycles. The van der Waals surface area contributed by atoms with Gasteiger partial charge in [-0.1, -0.05) is 24.3 Å². The fraction of sp³-hybridized carbons (Fsp3) is 0.150. The van der Waals surface area contributed by atoms with Crippen LogP contribution in [0, 0.1) is 0 Å². The maximum absolute atomic E-state index is 13.3. The zero-order chi connectivity index (χ0) is 19.1. The smallest absolute Gasteiger partial charge is 0.256 e. The summed E-state index contributed by atoms with van der Waals surface area (Å²) in [7, 11) is 0. The average molecular weight is 368 g/mol. The Morgan fingerprint density at radius 1 is 0.889 bits per heavy atom. The van der Waals surface area contributed by atoms with Crippen molar-refractivity contribution in [1.82, 2.24) is 19.7 Å². The van der Waals surface area contributed by atoms with Crippen molar-refractivity contribution >= 4 is 10.9 Å². The zero-order valence-electron chi connectivity index (χ0n) is 14.4. The van der Waals surface area contributed by atoms with Gasteiger partial charge in [-0.05, 0) is 48.4 Å². The topological polar surface area (TPSA) is 43.6 Å². The van der Waals surface area contributed by atoms with Crippen molar-refractivity contribution in [3.63, 3.8) is 0 Å². The molecule has 0 amide bonds. The van der Waals surface area contributed by atoms with Crippen molar-refractivity contribution in [3.8, 4) is 0 Å². The molecule has 2 heterocycles. The van der Waals surface area contributed by atoms with E-state index in [1.165, 1.54) is 18.7 Å². The van der Waals surface area contributed by atoms with Crippen molar-refractivity contribution in [2.24, 2.45) is 0 Å². The lowest BCUT2D eigenvalue weighted by Gasteiger charge is -2.31. The van der Waals surface area contributed by atoms with Gasteiger partial charge >= 0.3 is 6.18 Å². The number of fused-ring (bicyclic) bond motifs is 1. The van der Waals surface area contributed by atoms with Gasteiger partial charge in [-0.25, -0.2) is 9.67 Å². The molecule has 0 fully saturated rings. The van der Waals surface area contributed by atoms with Crippen molar-refractivity contribution in [2.75, 3.05) is 0 Å². The lowest BCUT2D eigenvalue weighted by molar-refractivity contribution is -0.137. The predicted octanol–water partition coefficient (Wildman–Crippen LogP) is 4.66. The molecule has 0 spiro atoms. The molecule has 0 radical (unpaired) electrons. The van der Waals surface area contributed by atoms with E-state index in [4.69, 9.17) is 0 Å². The molecule has 27 heavy (non-hydrogen) atoms. The van der Waals surface area contributed by atoms with Crippen LogP contribution in [0.15, 0.2) is 73.4 Å². The van der Waals surface area contributed by atoms with E-state index < -0.39 is 17.3 Å². The largest absolute Gasteiger partial charge is 0.416 e. The number of aromatic nitrogens is 4. The summed E-state index contributed by atoms with van der Waals surface area (Å²) in [5.41, 5.74) is 0.390. The second kappa shape index (κ2) is 6.19. The Morgan fingerprint density at radius 2 is 1.67 bits per heavy atom. The summed E-state index contributed by atoms with van der Waals surface area (Å²) in [6, 6.07) is 14.7. The Hall–Kier alpha value is -3.22. The Kier molecular flexibility index (Phi) is 3.95. The van der Waals surface area contributed by atoms with Crippen LogP contribution >= 0.6 is 0 Å². The van der Waals surface area contributed by atoms with Gasteiger partial charge in [0.1, 0.15) is 18.2 Å². The van der Waals surface area contributed by atoms with Crippen LogP contribution < -0.4 is 0 Å². The van der Waals surface area contributed by atoms with E-state index in [2.05, 4.69) is 15.1 Å². The summed E-state index contributed by atoms with van der Waals surface area (Å²) in [4.78, 5) is 8.29. The number of benzene rings is 2. The number of nitrogens with zero attached hydrogens (tertiary/aromatic N) is 4. The number of hydrogen-bond acceptors (Lipinski definition) is 3. The molecule has 0 saturated carbocycles. The van der Waals surface area contributed by atoms with Gasteiger partial charge in [0.15, 0.2) is 0 Å². The molecule has 0 aliphatic rings. The highest BCUT2D eigenvalue weighted by Crippen LogP contribution is 2.37. The summed E-state index contributed by atoms with van der Waals surface area (Å²) in [6.07, 6.45) is 0.153. The third-order valence-corrected chi connectivity index (χ3v) is 4.79. The maximum Gasteiger partial charge on any atom is 0.416 e. The lowest BCUT2D eigenvalue weighted by atomic mass is 9.83. The zero-order valence-corrected chi connectivity index (χ0v) is 14.4. The van der Waals surface area contributed by atoms with Crippen molar-refractivity contribution in [3.05, 3.63) is 90.1 Å². The van der Waals surface area contributed by atoms with E-state index in [0.29, 0.717) is 5.56 Å². The van der Waals surface area contributed by atoms with E-state index in [0.717, 1.165) is 28.6 Å². The van der Waals surface area contributed by atoms with Crippen LogP contribution in [-0.4, -0.2) is 19.7 Å². The second-order valence-corrected chi connectivity index (χ2v) is 6.40. The standard InChI is InChI=1S/C20H15F3N4/c1-19(27-13-24-12-26-27,15-5-2-6-17(11-15)20(21,22)23)16-7-8-18-14(10-16)4-3-9-25-18/h2-13H,1H3. The molecule has 0 bridgehead atoms. The lowest BCUT2D eigenvalue weighted by Crippen LogP contribution is -2.33. The summed E-state index contributed by atoms with van der Waals surface area (Å²) in [5.74, 6) is 0. The first-order chi connectivity index (χ1) is 12.9. The Labute approximate surface area is 153 Å². The molecule has 2 aromatic carbocycles. The molecular weight excluding hydrogens is 353 g/mol. The van der Waals surface area contributed by atoms with Gasteiger partial charge in [-0.2, -0.15) is 18.3 Å². The fourth-order valence-electron chi connectivity index (χ4n) is 3.25. The molecular formula is C20H15F3N4. The maximum atomic E-state index is 13.3. The molecule has 2 aromatic heterocycles. The van der Waals surface area contributed by atoms with Gasteiger partial charge in [0, 0.05) is 11.6 Å². The monoisotopic (exact) mass is 368 g/mol. The van der Waals surface area contributed by atoms with Crippen LogP contribution in [0.2, 0.25) is 0 Å². The molecule has 4 rings (SSSR count). The van der Waals surface area contributed by atoms with Crippen molar-refractivity contribution in [1.29, 1.82) is 0 Å². The van der Waals surface area contributed by atoms with E-state index in [1.54, 1.807) is 16.9 Å². The molecule has 136 valence electrons.